The normalized spacial score (nSPS) is 11.4. The first-order valence-corrected chi connectivity index (χ1v) is 6.49. The van der Waals surface area contributed by atoms with Crippen molar-refractivity contribution in [3.63, 3.8) is 0 Å². The lowest BCUT2D eigenvalue weighted by Crippen LogP contribution is -2.03. The summed E-state index contributed by atoms with van der Waals surface area (Å²) >= 11 is 0. The van der Waals surface area contributed by atoms with Crippen molar-refractivity contribution < 1.29 is 13.2 Å². The molecule has 0 bridgehead atoms. The SMILES string of the molecule is CC(=O)Cc1cc(S(C)(=O)=O)ccc1C. The van der Waals surface area contributed by atoms with Crippen LogP contribution >= 0.6 is 0 Å². The summed E-state index contributed by atoms with van der Waals surface area (Å²) in [6.45, 7) is 3.36. The zero-order valence-corrected chi connectivity index (χ0v) is 9.89. The van der Waals surface area contributed by atoms with Crippen LogP contribution in [0.15, 0.2) is 23.1 Å². The van der Waals surface area contributed by atoms with Gasteiger partial charge in [0.2, 0.25) is 0 Å². The van der Waals surface area contributed by atoms with Crippen LogP contribution in [-0.2, 0) is 21.1 Å². The lowest BCUT2D eigenvalue weighted by Gasteiger charge is -2.06. The minimum absolute atomic E-state index is 0.0313. The number of benzene rings is 1. The standard InChI is InChI=1S/C11H14O3S/c1-8-4-5-11(15(3,13)14)7-10(8)6-9(2)12/h4-5,7H,6H2,1-3H3. The fourth-order valence-electron chi connectivity index (χ4n) is 1.34. The quantitative estimate of drug-likeness (QED) is 0.785. The highest BCUT2D eigenvalue weighted by atomic mass is 32.2. The van der Waals surface area contributed by atoms with E-state index in [9.17, 15) is 13.2 Å². The van der Waals surface area contributed by atoms with Crippen molar-refractivity contribution in [2.45, 2.75) is 25.2 Å². The number of rotatable bonds is 3. The van der Waals surface area contributed by atoms with Gasteiger partial charge in [-0.2, -0.15) is 0 Å². The molecule has 0 heterocycles. The summed E-state index contributed by atoms with van der Waals surface area (Å²) in [6.07, 6.45) is 1.45. The number of Topliss-reactive ketones (excluding diaryl/α,β-unsaturated/α-hetero) is 1. The molecule has 4 heteroatoms. The molecule has 0 unspecified atom stereocenters. The van der Waals surface area contributed by atoms with E-state index in [4.69, 9.17) is 0 Å². The highest BCUT2D eigenvalue weighted by Crippen LogP contribution is 2.16. The van der Waals surface area contributed by atoms with E-state index in [2.05, 4.69) is 0 Å². The second-order valence-corrected chi connectivity index (χ2v) is 5.75. The van der Waals surface area contributed by atoms with Gasteiger partial charge in [-0.25, -0.2) is 8.42 Å². The Morgan fingerprint density at radius 2 is 1.93 bits per heavy atom. The first kappa shape index (κ1) is 11.9. The van der Waals surface area contributed by atoms with Gasteiger partial charge in [0.1, 0.15) is 5.78 Å². The maximum absolute atomic E-state index is 11.3. The van der Waals surface area contributed by atoms with Gasteiger partial charge in [0.05, 0.1) is 4.90 Å². The molecule has 0 aromatic heterocycles. The Hall–Kier alpha value is -1.16. The van der Waals surface area contributed by atoms with Crippen molar-refractivity contribution in [2.75, 3.05) is 6.26 Å². The van der Waals surface area contributed by atoms with Gasteiger partial charge in [-0.05, 0) is 37.1 Å². The predicted molar refractivity (Wildman–Crippen MR) is 58.7 cm³/mol. The van der Waals surface area contributed by atoms with Gasteiger partial charge in [-0.3, -0.25) is 4.79 Å². The zero-order valence-electron chi connectivity index (χ0n) is 9.07. The number of ketones is 1. The monoisotopic (exact) mass is 226 g/mol. The number of hydrogen-bond acceptors (Lipinski definition) is 3. The molecule has 15 heavy (non-hydrogen) atoms. The highest BCUT2D eigenvalue weighted by Gasteiger charge is 2.10. The minimum Gasteiger partial charge on any atom is -0.300 e. The molecule has 1 rings (SSSR count). The van der Waals surface area contributed by atoms with Crippen LogP contribution in [-0.4, -0.2) is 20.5 Å². The third kappa shape index (κ3) is 3.16. The fourth-order valence-corrected chi connectivity index (χ4v) is 2.01. The molecule has 0 N–H and O–H groups in total. The summed E-state index contributed by atoms with van der Waals surface area (Å²) in [7, 11) is -3.19. The van der Waals surface area contributed by atoms with Crippen molar-refractivity contribution in [2.24, 2.45) is 0 Å². The molecule has 0 aliphatic heterocycles. The molecule has 0 aliphatic rings. The van der Waals surface area contributed by atoms with Gasteiger partial charge in [0.15, 0.2) is 9.84 Å². The van der Waals surface area contributed by atoms with Gasteiger partial charge < -0.3 is 0 Å². The Labute approximate surface area is 90.0 Å². The van der Waals surface area contributed by atoms with Gasteiger partial charge >= 0.3 is 0 Å². The molecule has 0 saturated heterocycles. The molecule has 0 radical (unpaired) electrons. The second kappa shape index (κ2) is 4.14. The third-order valence-corrected chi connectivity index (χ3v) is 3.30. The van der Waals surface area contributed by atoms with E-state index in [-0.39, 0.29) is 17.1 Å². The summed E-state index contributed by atoms with van der Waals surface area (Å²) in [5.74, 6) is 0.0313. The Bertz CT molecular complexity index is 487. The fraction of sp³-hybridized carbons (Fsp3) is 0.364. The number of sulfone groups is 1. The topological polar surface area (TPSA) is 51.2 Å². The molecule has 82 valence electrons. The first-order chi connectivity index (χ1) is 6.80. The summed E-state index contributed by atoms with van der Waals surface area (Å²) in [4.78, 5) is 11.2. The molecule has 3 nitrogen and oxygen atoms in total. The van der Waals surface area contributed by atoms with Crippen LogP contribution in [0.2, 0.25) is 0 Å². The molecule has 1 aromatic carbocycles. The maximum atomic E-state index is 11.3. The average molecular weight is 226 g/mol. The van der Waals surface area contributed by atoms with Gasteiger partial charge in [-0.15, -0.1) is 0 Å². The van der Waals surface area contributed by atoms with Crippen molar-refractivity contribution in [1.82, 2.24) is 0 Å². The van der Waals surface area contributed by atoms with Crippen LogP contribution in [0.3, 0.4) is 0 Å². The smallest absolute Gasteiger partial charge is 0.175 e. The van der Waals surface area contributed by atoms with Crippen LogP contribution in [0, 0.1) is 6.92 Å². The van der Waals surface area contributed by atoms with Crippen molar-refractivity contribution in [1.29, 1.82) is 0 Å². The van der Waals surface area contributed by atoms with Crippen molar-refractivity contribution in [3.8, 4) is 0 Å². The number of carbonyl (C=O) groups is 1. The van der Waals surface area contributed by atoms with E-state index in [0.29, 0.717) is 0 Å². The lowest BCUT2D eigenvalue weighted by atomic mass is 10.0. The van der Waals surface area contributed by atoms with Gasteiger partial charge in [0, 0.05) is 12.7 Å². The minimum atomic E-state index is -3.19. The molecule has 0 aliphatic carbocycles. The summed E-state index contributed by atoms with van der Waals surface area (Å²) < 4.78 is 22.6. The summed E-state index contributed by atoms with van der Waals surface area (Å²) in [5, 5.41) is 0. The number of carbonyl (C=O) groups excluding carboxylic acids is 1. The Morgan fingerprint density at radius 3 is 2.40 bits per heavy atom. The Kier molecular flexibility index (Phi) is 3.29. The molecule has 0 spiro atoms. The predicted octanol–water partition coefficient (Wildman–Crippen LogP) is 1.53. The van der Waals surface area contributed by atoms with E-state index in [1.165, 1.54) is 6.92 Å². The third-order valence-electron chi connectivity index (χ3n) is 2.19. The van der Waals surface area contributed by atoms with Crippen molar-refractivity contribution in [3.05, 3.63) is 29.3 Å². The first-order valence-electron chi connectivity index (χ1n) is 4.59. The average Bonchev–Trinajstić information content (AvgIpc) is 2.06. The largest absolute Gasteiger partial charge is 0.300 e. The van der Waals surface area contributed by atoms with Crippen LogP contribution in [0.1, 0.15) is 18.1 Å². The van der Waals surface area contributed by atoms with E-state index < -0.39 is 9.84 Å². The molecular weight excluding hydrogens is 212 g/mol. The van der Waals surface area contributed by atoms with Crippen LogP contribution in [0.5, 0.6) is 0 Å². The number of hydrogen-bond donors (Lipinski definition) is 0. The molecule has 0 atom stereocenters. The maximum Gasteiger partial charge on any atom is 0.175 e. The van der Waals surface area contributed by atoms with E-state index in [1.54, 1.807) is 18.2 Å². The molecule has 0 fully saturated rings. The van der Waals surface area contributed by atoms with Crippen LogP contribution in [0.25, 0.3) is 0 Å². The Morgan fingerprint density at radius 1 is 1.33 bits per heavy atom. The highest BCUT2D eigenvalue weighted by molar-refractivity contribution is 7.90. The van der Waals surface area contributed by atoms with Gasteiger partial charge in [0.25, 0.3) is 0 Å². The molecule has 0 amide bonds. The molecular formula is C11H14O3S. The van der Waals surface area contributed by atoms with Gasteiger partial charge in [-0.1, -0.05) is 6.07 Å². The lowest BCUT2D eigenvalue weighted by molar-refractivity contribution is -0.116. The van der Waals surface area contributed by atoms with Crippen LogP contribution in [0.4, 0.5) is 0 Å². The summed E-state index contributed by atoms with van der Waals surface area (Å²) in [6, 6.07) is 4.87. The van der Waals surface area contributed by atoms with Crippen molar-refractivity contribution >= 4 is 15.6 Å². The van der Waals surface area contributed by atoms with Crippen LogP contribution < -0.4 is 0 Å². The number of aryl methyl sites for hydroxylation is 1. The van der Waals surface area contributed by atoms with E-state index in [1.807, 2.05) is 6.92 Å². The second-order valence-electron chi connectivity index (χ2n) is 3.74. The van der Waals surface area contributed by atoms with E-state index >= 15 is 0 Å². The zero-order chi connectivity index (χ0) is 11.6. The Balaban J connectivity index is 3.23. The molecule has 0 saturated carbocycles. The summed E-state index contributed by atoms with van der Waals surface area (Å²) in [5.41, 5.74) is 1.73. The van der Waals surface area contributed by atoms with E-state index in [0.717, 1.165) is 17.4 Å². The molecule has 1 aromatic rings.